The molecule has 0 amide bonds. The lowest BCUT2D eigenvalue weighted by atomic mass is 10.2. The Bertz CT molecular complexity index is 1670. The Hall–Kier alpha value is -3.80. The number of anilines is 2. The SMILES string of the molecule is CN(C)c1n2c3ccccc3n3c(N4CCCC4)[n+]4ccccc4c3c2c2cccc[n+]12. The zero-order valence-corrected chi connectivity index (χ0v) is 18.4. The van der Waals surface area contributed by atoms with E-state index in [0.717, 1.165) is 19.0 Å². The van der Waals surface area contributed by atoms with Crippen LogP contribution in [-0.2, 0) is 0 Å². The fraction of sp³-hybridized carbons (Fsp3) is 0.231. The Morgan fingerprint density at radius 1 is 0.688 bits per heavy atom. The minimum absolute atomic E-state index is 1.10. The van der Waals surface area contributed by atoms with Crippen molar-refractivity contribution < 1.29 is 8.80 Å². The quantitative estimate of drug-likeness (QED) is 0.399. The molecule has 1 aliphatic heterocycles. The molecule has 6 heteroatoms. The van der Waals surface area contributed by atoms with Gasteiger partial charge in [0.1, 0.15) is 11.0 Å². The van der Waals surface area contributed by atoms with Crippen molar-refractivity contribution in [2.75, 3.05) is 37.0 Å². The highest BCUT2D eigenvalue weighted by molar-refractivity contribution is 6.03. The average Bonchev–Trinajstić information content (AvgIpc) is 3.53. The summed E-state index contributed by atoms with van der Waals surface area (Å²) in [7, 11) is 4.25. The van der Waals surface area contributed by atoms with Crippen molar-refractivity contribution in [2.24, 2.45) is 0 Å². The van der Waals surface area contributed by atoms with Crippen molar-refractivity contribution in [1.82, 2.24) is 8.80 Å². The molecule has 0 aliphatic carbocycles. The van der Waals surface area contributed by atoms with E-state index in [2.05, 4.69) is 115 Å². The molecule has 0 atom stereocenters. The molecule has 1 fully saturated rings. The summed E-state index contributed by atoms with van der Waals surface area (Å²) in [5, 5.41) is 0. The Morgan fingerprint density at radius 3 is 1.94 bits per heavy atom. The predicted octanol–water partition coefficient (Wildman–Crippen LogP) is 3.49. The molecule has 5 aromatic heterocycles. The standard InChI is InChI=1S/C26H26N6/c1-27(2)25-29-17-7-5-13-21(29)23-24-22-14-6-8-18-30(22)26(28-15-9-10-16-28)32(24)20-12-4-3-11-19(20)31(23)25/h3-8,11-14,17-18H,9-10,15-16H2,1-2H3/q+2. The van der Waals surface area contributed by atoms with Crippen molar-refractivity contribution in [1.29, 1.82) is 0 Å². The van der Waals surface area contributed by atoms with Crippen molar-refractivity contribution in [2.45, 2.75) is 12.8 Å². The molecule has 32 heavy (non-hydrogen) atoms. The van der Waals surface area contributed by atoms with Gasteiger partial charge < -0.3 is 0 Å². The van der Waals surface area contributed by atoms with E-state index in [1.807, 2.05) is 0 Å². The van der Waals surface area contributed by atoms with Crippen molar-refractivity contribution in [3.63, 3.8) is 0 Å². The molecule has 6 aromatic rings. The Balaban J connectivity index is 1.87. The molecule has 0 unspecified atom stereocenters. The lowest BCUT2D eigenvalue weighted by Gasteiger charge is -2.11. The first kappa shape index (κ1) is 17.8. The van der Waals surface area contributed by atoms with Gasteiger partial charge in [-0.25, -0.2) is 8.80 Å². The number of nitrogens with zero attached hydrogens (tertiary/aromatic N) is 6. The van der Waals surface area contributed by atoms with Gasteiger partial charge in [-0.1, -0.05) is 24.3 Å². The number of imidazole rings is 2. The molecule has 7 rings (SSSR count). The van der Waals surface area contributed by atoms with Gasteiger partial charge in [0.2, 0.25) is 0 Å². The monoisotopic (exact) mass is 422 g/mol. The molecular weight excluding hydrogens is 396 g/mol. The van der Waals surface area contributed by atoms with Gasteiger partial charge in [0.15, 0.2) is 22.1 Å². The van der Waals surface area contributed by atoms with Crippen LogP contribution in [0.3, 0.4) is 0 Å². The number of hydrogen-bond donors (Lipinski definition) is 0. The maximum absolute atomic E-state index is 2.55. The fourth-order valence-corrected chi connectivity index (χ4v) is 5.65. The second-order valence-corrected chi connectivity index (χ2v) is 8.96. The Labute approximate surface area is 185 Å². The van der Waals surface area contributed by atoms with Crippen LogP contribution in [0.4, 0.5) is 11.9 Å². The maximum Gasteiger partial charge on any atom is 0.370 e. The average molecular weight is 423 g/mol. The van der Waals surface area contributed by atoms with E-state index >= 15 is 0 Å². The van der Waals surface area contributed by atoms with E-state index in [4.69, 9.17) is 0 Å². The lowest BCUT2D eigenvalue weighted by Crippen LogP contribution is -2.32. The molecule has 1 aromatic carbocycles. The van der Waals surface area contributed by atoms with E-state index in [-0.39, 0.29) is 0 Å². The van der Waals surface area contributed by atoms with Crippen molar-refractivity contribution in [3.8, 4) is 0 Å². The second-order valence-electron chi connectivity index (χ2n) is 8.96. The Morgan fingerprint density at radius 2 is 1.25 bits per heavy atom. The van der Waals surface area contributed by atoms with Gasteiger partial charge in [-0.05, 0) is 49.2 Å². The van der Waals surface area contributed by atoms with Crippen LogP contribution in [0.2, 0.25) is 0 Å². The largest absolute Gasteiger partial charge is 0.370 e. The molecule has 6 heterocycles. The van der Waals surface area contributed by atoms with Gasteiger partial charge in [-0.3, -0.25) is 9.80 Å². The highest BCUT2D eigenvalue weighted by atomic mass is 15.3. The molecular formula is C26H26N6+2. The smallest absolute Gasteiger partial charge is 0.269 e. The van der Waals surface area contributed by atoms with Crippen LogP contribution < -0.4 is 18.6 Å². The van der Waals surface area contributed by atoms with Crippen LogP contribution in [-0.4, -0.2) is 36.0 Å². The molecule has 158 valence electrons. The zero-order chi connectivity index (χ0) is 21.4. The van der Waals surface area contributed by atoms with Gasteiger partial charge in [0.25, 0.3) is 0 Å². The van der Waals surface area contributed by atoms with Gasteiger partial charge in [-0.2, -0.15) is 8.80 Å². The van der Waals surface area contributed by atoms with Gasteiger partial charge in [0, 0.05) is 0 Å². The van der Waals surface area contributed by atoms with Crippen LogP contribution in [0, 0.1) is 0 Å². The van der Waals surface area contributed by atoms with Crippen molar-refractivity contribution >= 4 is 45.0 Å². The third-order valence-corrected chi connectivity index (χ3v) is 6.86. The first-order valence-electron chi connectivity index (χ1n) is 11.4. The molecule has 6 nitrogen and oxygen atoms in total. The van der Waals surface area contributed by atoms with Crippen molar-refractivity contribution in [3.05, 3.63) is 73.1 Å². The summed E-state index contributed by atoms with van der Waals surface area (Å²) in [6, 6.07) is 21.8. The fourth-order valence-electron chi connectivity index (χ4n) is 5.65. The highest BCUT2D eigenvalue weighted by Gasteiger charge is 2.35. The summed E-state index contributed by atoms with van der Waals surface area (Å²) in [5.74, 6) is 2.40. The number of rotatable bonds is 2. The summed E-state index contributed by atoms with van der Waals surface area (Å²) in [4.78, 5) is 4.76. The number of pyridine rings is 2. The maximum atomic E-state index is 2.55. The molecule has 0 saturated carbocycles. The topological polar surface area (TPSA) is 23.5 Å². The minimum atomic E-state index is 1.10. The van der Waals surface area contributed by atoms with Gasteiger partial charge >= 0.3 is 11.9 Å². The summed E-state index contributed by atoms with van der Waals surface area (Å²) in [6.45, 7) is 2.20. The van der Waals surface area contributed by atoms with Crippen LogP contribution >= 0.6 is 0 Å². The normalized spacial score (nSPS) is 14.6. The molecule has 0 bridgehead atoms. The third-order valence-electron chi connectivity index (χ3n) is 6.86. The Kier molecular flexibility index (Phi) is 3.54. The summed E-state index contributed by atoms with van der Waals surface area (Å²) in [5.41, 5.74) is 7.38. The number of fused-ring (bicyclic) bond motifs is 10. The molecule has 0 spiro atoms. The second kappa shape index (κ2) is 6.36. The molecule has 0 radical (unpaired) electrons. The van der Waals surface area contributed by atoms with E-state index in [0.29, 0.717) is 0 Å². The lowest BCUT2D eigenvalue weighted by molar-refractivity contribution is -0.497. The predicted molar refractivity (Wildman–Crippen MR) is 128 cm³/mol. The van der Waals surface area contributed by atoms with Gasteiger partial charge in [0.05, 0.1) is 39.6 Å². The van der Waals surface area contributed by atoms with E-state index in [9.17, 15) is 0 Å². The van der Waals surface area contributed by atoms with E-state index < -0.39 is 0 Å². The van der Waals surface area contributed by atoms with Crippen LogP contribution in [0.15, 0.2) is 73.1 Å². The number of para-hydroxylation sites is 2. The first-order chi connectivity index (χ1) is 15.8. The molecule has 1 saturated heterocycles. The molecule has 1 aliphatic rings. The van der Waals surface area contributed by atoms with Crippen LogP contribution in [0.5, 0.6) is 0 Å². The molecule has 0 N–H and O–H groups in total. The highest BCUT2D eigenvalue weighted by Crippen LogP contribution is 2.34. The van der Waals surface area contributed by atoms with Crippen LogP contribution in [0.25, 0.3) is 33.1 Å². The van der Waals surface area contributed by atoms with E-state index in [1.165, 1.54) is 51.9 Å². The van der Waals surface area contributed by atoms with E-state index in [1.54, 1.807) is 0 Å². The number of benzene rings is 1. The number of aromatic nitrogens is 4. The number of hydrogen-bond acceptors (Lipinski definition) is 2. The zero-order valence-electron chi connectivity index (χ0n) is 18.4. The van der Waals surface area contributed by atoms with Gasteiger partial charge in [-0.15, -0.1) is 0 Å². The summed E-state index contributed by atoms with van der Waals surface area (Å²) >= 11 is 0. The van der Waals surface area contributed by atoms with Crippen LogP contribution in [0.1, 0.15) is 12.8 Å². The minimum Gasteiger partial charge on any atom is -0.269 e. The third kappa shape index (κ3) is 2.14. The summed E-state index contributed by atoms with van der Waals surface area (Å²) in [6.07, 6.45) is 6.88. The summed E-state index contributed by atoms with van der Waals surface area (Å²) < 4.78 is 9.62. The first-order valence-corrected chi connectivity index (χ1v) is 11.4.